The molecule has 1 heterocycles. The summed E-state index contributed by atoms with van der Waals surface area (Å²) >= 11 is 2.15. The first-order valence-electron chi connectivity index (χ1n) is 4.92. The topological polar surface area (TPSA) is 60.5 Å². The van der Waals surface area contributed by atoms with Gasteiger partial charge in [-0.2, -0.15) is 0 Å². The van der Waals surface area contributed by atoms with Crippen molar-refractivity contribution >= 4 is 28.7 Å². The zero-order valence-corrected chi connectivity index (χ0v) is 10.6. The number of aromatic nitrogens is 1. The lowest BCUT2D eigenvalue weighted by Crippen LogP contribution is -2.27. The molecule has 0 saturated heterocycles. The Morgan fingerprint density at radius 1 is 1.56 bits per heavy atom. The summed E-state index contributed by atoms with van der Waals surface area (Å²) in [5.41, 5.74) is 0. The van der Waals surface area contributed by atoms with Crippen molar-refractivity contribution in [1.82, 2.24) is 10.3 Å². The van der Waals surface area contributed by atoms with Crippen molar-refractivity contribution in [2.45, 2.75) is 18.9 Å². The number of hydrogen-bond donors (Lipinski definition) is 1. The Bertz CT molecular complexity index is 365. The van der Waals surface area contributed by atoms with Crippen LogP contribution in [0.5, 0.6) is 5.88 Å². The average Bonchev–Trinajstić information content (AvgIpc) is 3.05. The number of nitrogens with zero attached hydrogens (tertiary/aromatic N) is 1. The van der Waals surface area contributed by atoms with E-state index in [1.54, 1.807) is 12.3 Å². The lowest BCUT2D eigenvalue weighted by Gasteiger charge is -2.07. The van der Waals surface area contributed by atoms with Crippen LogP contribution in [0.3, 0.4) is 0 Å². The second kappa shape index (κ2) is 5.33. The van der Waals surface area contributed by atoms with Gasteiger partial charge in [0.15, 0.2) is 0 Å². The van der Waals surface area contributed by atoms with Gasteiger partial charge in [0.05, 0.1) is 0 Å². The first-order chi connectivity index (χ1) is 7.74. The summed E-state index contributed by atoms with van der Waals surface area (Å²) in [5, 5.41) is 2.69. The SMILES string of the molecule is O=C(NC1CC1)OCOc1ccc(I)cn1. The van der Waals surface area contributed by atoms with E-state index < -0.39 is 6.09 Å². The molecule has 16 heavy (non-hydrogen) atoms. The zero-order valence-electron chi connectivity index (χ0n) is 8.48. The molecule has 86 valence electrons. The molecule has 0 aliphatic heterocycles. The summed E-state index contributed by atoms with van der Waals surface area (Å²) in [6, 6.07) is 3.89. The van der Waals surface area contributed by atoms with Crippen LogP contribution in [0.25, 0.3) is 0 Å². The second-order valence-corrected chi connectivity index (χ2v) is 4.67. The molecule has 0 spiro atoms. The smallest absolute Gasteiger partial charge is 0.410 e. The van der Waals surface area contributed by atoms with E-state index in [4.69, 9.17) is 9.47 Å². The highest BCUT2D eigenvalue weighted by molar-refractivity contribution is 14.1. The number of halogens is 1. The number of amides is 1. The predicted octanol–water partition coefficient (Wildman–Crippen LogP) is 1.91. The number of nitrogens with one attached hydrogen (secondary N) is 1. The molecule has 0 aromatic carbocycles. The van der Waals surface area contributed by atoms with E-state index in [0.29, 0.717) is 11.9 Å². The van der Waals surface area contributed by atoms with Crippen molar-refractivity contribution in [3.05, 3.63) is 21.9 Å². The maximum absolute atomic E-state index is 11.1. The van der Waals surface area contributed by atoms with Crippen LogP contribution in [0.2, 0.25) is 0 Å². The fourth-order valence-electron chi connectivity index (χ4n) is 1.03. The molecule has 1 saturated carbocycles. The lowest BCUT2D eigenvalue weighted by molar-refractivity contribution is 0.0565. The van der Waals surface area contributed by atoms with Gasteiger partial charge in [0.1, 0.15) is 0 Å². The Hall–Kier alpha value is -1.05. The highest BCUT2D eigenvalue weighted by atomic mass is 127. The van der Waals surface area contributed by atoms with Gasteiger partial charge in [-0.25, -0.2) is 9.78 Å². The maximum Gasteiger partial charge on any atom is 0.410 e. The van der Waals surface area contributed by atoms with Gasteiger partial charge in [0, 0.05) is 21.9 Å². The fraction of sp³-hybridized carbons (Fsp3) is 0.400. The van der Waals surface area contributed by atoms with E-state index in [0.717, 1.165) is 16.4 Å². The highest BCUT2D eigenvalue weighted by Crippen LogP contribution is 2.18. The van der Waals surface area contributed by atoms with Crippen molar-refractivity contribution < 1.29 is 14.3 Å². The maximum atomic E-state index is 11.1. The van der Waals surface area contributed by atoms with Crippen LogP contribution in [-0.2, 0) is 4.74 Å². The number of hydrogen-bond acceptors (Lipinski definition) is 4. The number of pyridine rings is 1. The molecule has 0 radical (unpaired) electrons. The molecule has 0 atom stereocenters. The Morgan fingerprint density at radius 3 is 3.00 bits per heavy atom. The minimum absolute atomic E-state index is 0.119. The molecule has 0 unspecified atom stereocenters. The summed E-state index contributed by atoms with van der Waals surface area (Å²) in [6.07, 6.45) is 3.32. The number of ether oxygens (including phenoxy) is 2. The van der Waals surface area contributed by atoms with Gasteiger partial charge in [-0.05, 0) is 41.5 Å². The predicted molar refractivity (Wildman–Crippen MR) is 65.1 cm³/mol. The van der Waals surface area contributed by atoms with Gasteiger partial charge in [-0.15, -0.1) is 0 Å². The van der Waals surface area contributed by atoms with Crippen LogP contribution in [0.4, 0.5) is 4.79 Å². The van der Waals surface area contributed by atoms with Crippen molar-refractivity contribution in [1.29, 1.82) is 0 Å². The third-order valence-corrected chi connectivity index (χ3v) is 2.63. The van der Waals surface area contributed by atoms with E-state index in [9.17, 15) is 4.79 Å². The molecule has 5 nitrogen and oxygen atoms in total. The summed E-state index contributed by atoms with van der Waals surface area (Å²) < 4.78 is 11.0. The van der Waals surface area contributed by atoms with Crippen molar-refractivity contribution in [2.75, 3.05) is 6.79 Å². The van der Waals surface area contributed by atoms with E-state index in [1.807, 2.05) is 6.07 Å². The second-order valence-electron chi connectivity index (χ2n) is 3.43. The normalized spacial score (nSPS) is 14.3. The Balaban J connectivity index is 1.66. The Kier molecular flexibility index (Phi) is 3.81. The third-order valence-electron chi connectivity index (χ3n) is 2.00. The van der Waals surface area contributed by atoms with E-state index in [2.05, 4.69) is 32.9 Å². The summed E-state index contributed by atoms with van der Waals surface area (Å²) in [6.45, 7) is -0.119. The van der Waals surface area contributed by atoms with Crippen LogP contribution in [0.1, 0.15) is 12.8 Å². The minimum Gasteiger partial charge on any atom is -0.440 e. The van der Waals surface area contributed by atoms with Gasteiger partial charge in [0.25, 0.3) is 0 Å². The van der Waals surface area contributed by atoms with E-state index >= 15 is 0 Å². The van der Waals surface area contributed by atoms with Crippen LogP contribution in [0.15, 0.2) is 18.3 Å². The third kappa shape index (κ3) is 3.84. The van der Waals surface area contributed by atoms with Crippen molar-refractivity contribution in [2.24, 2.45) is 0 Å². The quantitative estimate of drug-likeness (QED) is 0.675. The van der Waals surface area contributed by atoms with Gasteiger partial charge < -0.3 is 14.8 Å². The zero-order chi connectivity index (χ0) is 11.4. The molecular weight excluding hydrogens is 323 g/mol. The number of rotatable bonds is 4. The standard InChI is InChI=1S/C10H11IN2O3/c11-7-1-4-9(12-5-7)15-6-16-10(14)13-8-2-3-8/h1,4-5,8H,2-3,6H2,(H,13,14). The highest BCUT2D eigenvalue weighted by Gasteiger charge is 2.23. The lowest BCUT2D eigenvalue weighted by atomic mass is 10.5. The van der Waals surface area contributed by atoms with E-state index in [1.165, 1.54) is 0 Å². The van der Waals surface area contributed by atoms with Gasteiger partial charge in [-0.1, -0.05) is 0 Å². The molecule has 1 amide bonds. The van der Waals surface area contributed by atoms with Crippen LogP contribution >= 0.6 is 22.6 Å². The molecule has 2 rings (SSSR count). The molecule has 1 aromatic rings. The fourth-order valence-corrected chi connectivity index (χ4v) is 1.35. The van der Waals surface area contributed by atoms with E-state index in [-0.39, 0.29) is 6.79 Å². The molecule has 0 bridgehead atoms. The summed E-state index contributed by atoms with van der Waals surface area (Å²) in [7, 11) is 0. The molecule has 1 aliphatic carbocycles. The molecule has 1 aliphatic rings. The van der Waals surface area contributed by atoms with Gasteiger partial charge in [-0.3, -0.25) is 0 Å². The Morgan fingerprint density at radius 2 is 2.38 bits per heavy atom. The summed E-state index contributed by atoms with van der Waals surface area (Å²) in [5.74, 6) is 0.444. The summed E-state index contributed by atoms with van der Waals surface area (Å²) in [4.78, 5) is 15.1. The van der Waals surface area contributed by atoms with Crippen LogP contribution in [0, 0.1) is 3.57 Å². The van der Waals surface area contributed by atoms with Gasteiger partial charge >= 0.3 is 6.09 Å². The monoisotopic (exact) mass is 334 g/mol. The molecule has 1 aromatic heterocycles. The molecule has 1 N–H and O–H groups in total. The number of carbonyl (C=O) groups excluding carboxylic acids is 1. The first kappa shape index (κ1) is 11.4. The Labute approximate surface area is 107 Å². The molecular formula is C10H11IN2O3. The first-order valence-corrected chi connectivity index (χ1v) is 5.99. The molecule has 1 fully saturated rings. The number of alkyl carbamates (subject to hydrolysis) is 1. The largest absolute Gasteiger partial charge is 0.440 e. The minimum atomic E-state index is -0.437. The number of carbonyl (C=O) groups is 1. The van der Waals surface area contributed by atoms with Crippen LogP contribution < -0.4 is 10.1 Å². The van der Waals surface area contributed by atoms with Crippen molar-refractivity contribution in [3.8, 4) is 5.88 Å². The average molecular weight is 334 g/mol. The van der Waals surface area contributed by atoms with Crippen LogP contribution in [-0.4, -0.2) is 23.9 Å². The molecule has 6 heteroatoms. The van der Waals surface area contributed by atoms with Crippen molar-refractivity contribution in [3.63, 3.8) is 0 Å². The van der Waals surface area contributed by atoms with Gasteiger partial charge in [0.2, 0.25) is 12.7 Å².